The second-order valence-corrected chi connectivity index (χ2v) is 6.17. The average molecular weight is 348 g/mol. The Morgan fingerprint density at radius 2 is 1.80 bits per heavy atom. The molecule has 0 bridgehead atoms. The molecule has 0 radical (unpaired) electrons. The van der Waals surface area contributed by atoms with Crippen LogP contribution in [0.25, 0.3) is 0 Å². The van der Waals surface area contributed by atoms with Gasteiger partial charge in [-0.05, 0) is 26.0 Å². The van der Waals surface area contributed by atoms with E-state index in [2.05, 4.69) is 4.74 Å². The summed E-state index contributed by atoms with van der Waals surface area (Å²) in [5.74, 6) is -2.51. The number of carbonyl (C=O) groups excluding carboxylic acids is 4. The average Bonchev–Trinajstić information content (AvgIpc) is 2.81. The van der Waals surface area contributed by atoms with E-state index in [0.29, 0.717) is 5.56 Å². The number of imide groups is 1. The van der Waals surface area contributed by atoms with Crippen molar-refractivity contribution < 1.29 is 28.7 Å². The Kier molecular flexibility index (Phi) is 5.53. The van der Waals surface area contributed by atoms with Crippen LogP contribution in [0.2, 0.25) is 0 Å². The molecule has 1 aromatic rings. The highest BCUT2D eigenvalue weighted by Crippen LogP contribution is 2.30. The van der Waals surface area contributed by atoms with Crippen LogP contribution in [-0.4, -0.2) is 53.2 Å². The fourth-order valence-corrected chi connectivity index (χ4v) is 2.50. The normalized spacial score (nSPS) is 16.6. The second-order valence-electron chi connectivity index (χ2n) is 6.17. The van der Waals surface area contributed by atoms with E-state index in [1.54, 1.807) is 44.2 Å². The van der Waals surface area contributed by atoms with E-state index >= 15 is 0 Å². The van der Waals surface area contributed by atoms with Crippen LogP contribution in [0.5, 0.6) is 0 Å². The molecule has 0 unspecified atom stereocenters. The molecule has 1 aromatic carbocycles. The van der Waals surface area contributed by atoms with Gasteiger partial charge in [0.25, 0.3) is 5.91 Å². The fraction of sp³-hybridized carbons (Fsp3) is 0.412. The highest BCUT2D eigenvalue weighted by atomic mass is 16.5. The van der Waals surface area contributed by atoms with E-state index in [1.165, 1.54) is 5.01 Å². The van der Waals surface area contributed by atoms with Gasteiger partial charge in [0.15, 0.2) is 6.73 Å². The molecule has 1 fully saturated rings. The summed E-state index contributed by atoms with van der Waals surface area (Å²) in [6.07, 6.45) is -0.510. The van der Waals surface area contributed by atoms with Crippen molar-refractivity contribution in [3.63, 3.8) is 0 Å². The summed E-state index contributed by atoms with van der Waals surface area (Å²) in [6.45, 7) is 3.19. The lowest BCUT2D eigenvalue weighted by atomic mass is 10.0. The summed E-state index contributed by atoms with van der Waals surface area (Å²) >= 11 is 0. The van der Waals surface area contributed by atoms with E-state index in [9.17, 15) is 19.2 Å². The number of nitrogens with zero attached hydrogens (tertiary/aromatic N) is 2. The molecule has 0 spiro atoms. The summed E-state index contributed by atoms with van der Waals surface area (Å²) < 4.78 is 9.69. The van der Waals surface area contributed by atoms with Gasteiger partial charge in [-0.15, -0.1) is 0 Å². The fourth-order valence-electron chi connectivity index (χ4n) is 2.50. The Morgan fingerprint density at radius 1 is 1.16 bits per heavy atom. The predicted molar refractivity (Wildman–Crippen MR) is 85.7 cm³/mol. The smallest absolute Gasteiger partial charge is 0.339 e. The van der Waals surface area contributed by atoms with Gasteiger partial charge in [-0.3, -0.25) is 14.4 Å². The topological polar surface area (TPSA) is 93.2 Å². The molecule has 2 rings (SSSR count). The van der Waals surface area contributed by atoms with Crippen LogP contribution < -0.4 is 0 Å². The minimum absolute atomic E-state index is 0.0583. The molecule has 0 aliphatic carbocycles. The number of hydrogen-bond acceptors (Lipinski definition) is 7. The highest BCUT2D eigenvalue weighted by Gasteiger charge is 2.47. The SMILES string of the molecule is COC(=O)CC(=O)N1C(=O)CC(C)(C)N1COC(=O)c1ccccc1. The van der Waals surface area contributed by atoms with Crippen molar-refractivity contribution in [1.29, 1.82) is 0 Å². The van der Waals surface area contributed by atoms with Crippen LogP contribution in [-0.2, 0) is 23.9 Å². The molecule has 0 saturated carbocycles. The Morgan fingerprint density at radius 3 is 2.40 bits per heavy atom. The number of hydrazine groups is 1. The third-order valence-corrected chi connectivity index (χ3v) is 3.85. The summed E-state index contributed by atoms with van der Waals surface area (Å²) in [4.78, 5) is 47.9. The molecule has 0 aromatic heterocycles. The van der Waals surface area contributed by atoms with Gasteiger partial charge in [-0.2, -0.15) is 5.01 Å². The predicted octanol–water partition coefficient (Wildman–Crippen LogP) is 1.12. The van der Waals surface area contributed by atoms with Crippen molar-refractivity contribution in [2.75, 3.05) is 13.8 Å². The molecular weight excluding hydrogens is 328 g/mol. The number of ether oxygens (including phenoxy) is 2. The summed E-state index contributed by atoms with van der Waals surface area (Å²) in [5.41, 5.74) is -0.377. The van der Waals surface area contributed by atoms with Crippen molar-refractivity contribution >= 4 is 23.8 Å². The van der Waals surface area contributed by atoms with Gasteiger partial charge < -0.3 is 9.47 Å². The van der Waals surface area contributed by atoms with E-state index in [1.807, 2.05) is 0 Å². The monoisotopic (exact) mass is 348 g/mol. The summed E-state index contributed by atoms with van der Waals surface area (Å²) in [6, 6.07) is 8.37. The first-order valence-corrected chi connectivity index (χ1v) is 7.68. The molecule has 8 nitrogen and oxygen atoms in total. The molecule has 8 heteroatoms. The summed E-state index contributed by atoms with van der Waals surface area (Å²) in [7, 11) is 1.16. The quantitative estimate of drug-likeness (QED) is 0.581. The van der Waals surface area contributed by atoms with Crippen LogP contribution in [0.4, 0.5) is 0 Å². The molecule has 1 aliphatic heterocycles. The van der Waals surface area contributed by atoms with Gasteiger partial charge in [0, 0.05) is 12.0 Å². The molecule has 25 heavy (non-hydrogen) atoms. The third-order valence-electron chi connectivity index (χ3n) is 3.85. The summed E-state index contributed by atoms with van der Waals surface area (Å²) in [5, 5.41) is 2.20. The van der Waals surface area contributed by atoms with Crippen molar-refractivity contribution in [3.8, 4) is 0 Å². The van der Waals surface area contributed by atoms with Crippen molar-refractivity contribution in [2.24, 2.45) is 0 Å². The van der Waals surface area contributed by atoms with Crippen molar-refractivity contribution in [3.05, 3.63) is 35.9 Å². The maximum Gasteiger partial charge on any atom is 0.339 e. The number of carbonyl (C=O) groups is 4. The Labute approximate surface area is 145 Å². The standard InChI is InChI=1S/C17H20N2O6/c1-17(2)10-14(21)19(13(20)9-15(22)24-3)18(17)11-25-16(23)12-7-5-4-6-8-12/h4-8H,9-11H2,1-3H3. The number of amides is 2. The van der Waals surface area contributed by atoms with Crippen LogP contribution in [0.1, 0.15) is 37.0 Å². The Balaban J connectivity index is 2.11. The van der Waals surface area contributed by atoms with Crippen molar-refractivity contribution in [2.45, 2.75) is 32.2 Å². The minimum atomic E-state index is -0.747. The zero-order chi connectivity index (χ0) is 18.6. The van der Waals surface area contributed by atoms with Gasteiger partial charge in [0.05, 0.1) is 12.7 Å². The molecule has 1 heterocycles. The first-order chi connectivity index (χ1) is 11.8. The lowest BCUT2D eigenvalue weighted by molar-refractivity contribution is -0.170. The van der Waals surface area contributed by atoms with Gasteiger partial charge in [-0.25, -0.2) is 9.80 Å². The van der Waals surface area contributed by atoms with Gasteiger partial charge in [0.2, 0.25) is 5.91 Å². The lowest BCUT2D eigenvalue weighted by Crippen LogP contribution is -2.51. The number of esters is 2. The van der Waals surface area contributed by atoms with Gasteiger partial charge >= 0.3 is 11.9 Å². The molecule has 2 amide bonds. The molecular formula is C17H20N2O6. The Bertz CT molecular complexity index is 686. The minimum Gasteiger partial charge on any atom is -0.469 e. The third kappa shape index (κ3) is 4.21. The zero-order valence-corrected chi connectivity index (χ0v) is 14.4. The lowest BCUT2D eigenvalue weighted by Gasteiger charge is -2.34. The number of rotatable bonds is 5. The molecule has 134 valence electrons. The molecule has 1 saturated heterocycles. The van der Waals surface area contributed by atoms with Gasteiger partial charge in [0.1, 0.15) is 6.42 Å². The van der Waals surface area contributed by atoms with E-state index in [0.717, 1.165) is 12.1 Å². The second kappa shape index (κ2) is 7.43. The highest BCUT2D eigenvalue weighted by molar-refractivity contribution is 6.03. The number of hydrogen-bond donors (Lipinski definition) is 0. The van der Waals surface area contributed by atoms with Crippen LogP contribution in [0, 0.1) is 0 Å². The number of methoxy groups -OCH3 is 1. The van der Waals surface area contributed by atoms with E-state index in [-0.39, 0.29) is 13.2 Å². The zero-order valence-electron chi connectivity index (χ0n) is 14.4. The maximum atomic E-state index is 12.3. The van der Waals surface area contributed by atoms with Crippen molar-refractivity contribution in [1.82, 2.24) is 10.0 Å². The largest absolute Gasteiger partial charge is 0.469 e. The first kappa shape index (κ1) is 18.6. The molecule has 0 atom stereocenters. The Hall–Kier alpha value is -2.74. The van der Waals surface area contributed by atoms with Crippen LogP contribution >= 0.6 is 0 Å². The van der Waals surface area contributed by atoms with Gasteiger partial charge in [-0.1, -0.05) is 18.2 Å². The van der Waals surface area contributed by atoms with Crippen LogP contribution in [0.3, 0.4) is 0 Å². The first-order valence-electron chi connectivity index (χ1n) is 7.68. The van der Waals surface area contributed by atoms with Crippen LogP contribution in [0.15, 0.2) is 30.3 Å². The maximum absolute atomic E-state index is 12.3. The van der Waals surface area contributed by atoms with E-state index < -0.39 is 35.7 Å². The molecule has 0 N–H and O–H groups in total. The number of benzene rings is 1. The van der Waals surface area contributed by atoms with E-state index in [4.69, 9.17) is 4.74 Å². The molecule has 1 aliphatic rings.